The smallest absolute Gasteiger partial charge is 0.295 e. The maximum Gasteiger partial charge on any atom is 0.295 e. The molecule has 0 spiro atoms. The van der Waals surface area contributed by atoms with Crippen LogP contribution in [0, 0.1) is 0 Å². The maximum absolute atomic E-state index is 13.5. The first-order valence-electron chi connectivity index (χ1n) is 12.4. The molecular weight excluding hydrogens is 446 g/mol. The van der Waals surface area contributed by atoms with E-state index >= 15 is 0 Å². The Bertz CT molecular complexity index is 1030. The van der Waals surface area contributed by atoms with Crippen molar-refractivity contribution in [1.82, 2.24) is 9.88 Å². The summed E-state index contributed by atoms with van der Waals surface area (Å²) in [6, 6.07) is 9.57. The standard InChI is InChI=1S/C27H33N3O5/c1-2-3-17-35-22-7-5-21(6-8-22)25(31)23-24(20-9-11-28-12-10-20)30(27(33)26(23)32)14-4-13-29-15-18-34-19-16-29/h5-12,24,31H,2-4,13-19H2,1H3. The van der Waals surface area contributed by atoms with Crippen LogP contribution in [0.5, 0.6) is 5.75 Å². The molecule has 1 amide bonds. The number of aromatic nitrogens is 1. The molecule has 8 nitrogen and oxygen atoms in total. The molecule has 186 valence electrons. The van der Waals surface area contributed by atoms with Crippen molar-refractivity contribution in [3.8, 4) is 5.75 Å². The van der Waals surface area contributed by atoms with Crippen LogP contribution in [0.1, 0.15) is 43.4 Å². The highest BCUT2D eigenvalue weighted by Gasteiger charge is 2.44. The van der Waals surface area contributed by atoms with Gasteiger partial charge in [-0.2, -0.15) is 0 Å². The van der Waals surface area contributed by atoms with Crippen LogP contribution in [0.3, 0.4) is 0 Å². The Morgan fingerprint density at radius 2 is 1.83 bits per heavy atom. The summed E-state index contributed by atoms with van der Waals surface area (Å²) in [5, 5.41) is 13.5. The number of quaternary nitrogens is 1. The van der Waals surface area contributed by atoms with Crippen molar-refractivity contribution in [3.05, 3.63) is 65.5 Å². The number of pyridine rings is 1. The Labute approximate surface area is 206 Å². The number of amides is 1. The van der Waals surface area contributed by atoms with E-state index in [4.69, 9.17) is 9.47 Å². The van der Waals surface area contributed by atoms with E-state index in [9.17, 15) is 14.7 Å². The van der Waals surface area contributed by atoms with Crippen molar-refractivity contribution in [1.29, 1.82) is 0 Å². The summed E-state index contributed by atoms with van der Waals surface area (Å²) in [5.41, 5.74) is 1.07. The van der Waals surface area contributed by atoms with Crippen LogP contribution in [-0.2, 0) is 14.3 Å². The van der Waals surface area contributed by atoms with Crippen molar-refractivity contribution < 1.29 is 29.1 Å². The molecular formula is C27H33N3O5. The lowest BCUT2D eigenvalue weighted by Crippen LogP contribution is -3.14. The molecule has 2 fully saturated rings. The zero-order valence-electron chi connectivity index (χ0n) is 20.2. The predicted molar refractivity (Wildman–Crippen MR) is 128 cm³/mol. The Balaban J connectivity index is 1.58. The fourth-order valence-electron chi connectivity index (χ4n) is 4.60. The molecule has 3 heterocycles. The van der Waals surface area contributed by atoms with E-state index in [0.29, 0.717) is 30.0 Å². The number of carbonyl (C=O) groups is 2. The molecule has 0 saturated carbocycles. The average molecular weight is 480 g/mol. The second-order valence-corrected chi connectivity index (χ2v) is 8.95. The second-order valence-electron chi connectivity index (χ2n) is 8.95. The molecule has 2 aliphatic heterocycles. The van der Waals surface area contributed by atoms with Gasteiger partial charge in [-0.15, -0.1) is 0 Å². The summed E-state index contributed by atoms with van der Waals surface area (Å²) in [4.78, 5) is 33.2. The first kappa shape index (κ1) is 24.9. The Morgan fingerprint density at radius 1 is 1.11 bits per heavy atom. The van der Waals surface area contributed by atoms with Gasteiger partial charge in [-0.25, -0.2) is 0 Å². The number of hydrogen-bond donors (Lipinski definition) is 1. The number of unbranched alkanes of at least 4 members (excludes halogenated alkanes) is 1. The largest absolute Gasteiger partial charge is 0.872 e. The molecule has 1 aromatic heterocycles. The van der Waals surface area contributed by atoms with Gasteiger partial charge < -0.3 is 24.4 Å². The van der Waals surface area contributed by atoms with Crippen LogP contribution >= 0.6 is 0 Å². The first-order valence-corrected chi connectivity index (χ1v) is 12.4. The number of Topliss-reactive ketones (excluding diaryl/α,β-unsaturated/α-hetero) is 1. The predicted octanol–water partition coefficient (Wildman–Crippen LogP) is 0.790. The highest BCUT2D eigenvalue weighted by Crippen LogP contribution is 2.38. The van der Waals surface area contributed by atoms with Gasteiger partial charge in [-0.3, -0.25) is 14.6 Å². The van der Waals surface area contributed by atoms with E-state index < -0.39 is 23.5 Å². The van der Waals surface area contributed by atoms with E-state index in [1.54, 1.807) is 53.7 Å². The average Bonchev–Trinajstić information content (AvgIpc) is 3.15. The SMILES string of the molecule is CCCCOc1ccc(C([O-])=C2C(=O)C(=O)N(CCC[NH+]3CCOCC3)C2c2ccncc2)cc1. The van der Waals surface area contributed by atoms with Crippen LogP contribution in [-0.4, -0.2) is 67.6 Å². The van der Waals surface area contributed by atoms with Gasteiger partial charge in [0.1, 0.15) is 18.8 Å². The first-order chi connectivity index (χ1) is 17.1. The fraction of sp³-hybridized carbons (Fsp3) is 0.444. The summed E-state index contributed by atoms with van der Waals surface area (Å²) >= 11 is 0. The summed E-state index contributed by atoms with van der Waals surface area (Å²) in [5.74, 6) is -1.09. The zero-order valence-corrected chi connectivity index (χ0v) is 20.2. The van der Waals surface area contributed by atoms with Gasteiger partial charge in [-0.05, 0) is 41.8 Å². The summed E-state index contributed by atoms with van der Waals surface area (Å²) < 4.78 is 11.1. The number of hydrogen-bond acceptors (Lipinski definition) is 6. The molecule has 1 aromatic carbocycles. The topological polar surface area (TPSA) is 96.2 Å². The number of morpholine rings is 1. The van der Waals surface area contributed by atoms with E-state index in [-0.39, 0.29) is 5.57 Å². The Kier molecular flexibility index (Phi) is 8.50. The molecule has 35 heavy (non-hydrogen) atoms. The lowest BCUT2D eigenvalue weighted by molar-refractivity contribution is -0.908. The number of nitrogens with zero attached hydrogens (tertiary/aromatic N) is 2. The Morgan fingerprint density at radius 3 is 2.51 bits per heavy atom. The third kappa shape index (κ3) is 5.89. The second kappa shape index (κ2) is 12.0. The minimum absolute atomic E-state index is 0.000397. The van der Waals surface area contributed by atoms with Crippen LogP contribution < -0.4 is 14.7 Å². The zero-order chi connectivity index (χ0) is 24.6. The van der Waals surface area contributed by atoms with Crippen molar-refractivity contribution in [3.63, 3.8) is 0 Å². The van der Waals surface area contributed by atoms with Gasteiger partial charge in [0.2, 0.25) is 5.78 Å². The quantitative estimate of drug-likeness (QED) is 0.234. The van der Waals surface area contributed by atoms with Crippen LogP contribution in [0.2, 0.25) is 0 Å². The number of rotatable bonds is 10. The van der Waals surface area contributed by atoms with Crippen molar-refractivity contribution >= 4 is 17.4 Å². The molecule has 0 radical (unpaired) electrons. The highest BCUT2D eigenvalue weighted by molar-refractivity contribution is 6.46. The molecule has 2 aliphatic rings. The molecule has 1 atom stereocenters. The molecule has 0 aliphatic carbocycles. The van der Waals surface area contributed by atoms with Gasteiger partial charge in [0, 0.05) is 30.9 Å². The maximum atomic E-state index is 13.5. The number of nitrogens with one attached hydrogen (secondary N) is 1. The van der Waals surface area contributed by atoms with Crippen molar-refractivity contribution in [2.75, 3.05) is 46.0 Å². The third-order valence-corrected chi connectivity index (χ3v) is 6.56. The number of carbonyl (C=O) groups excluding carboxylic acids is 2. The van der Waals surface area contributed by atoms with Gasteiger partial charge in [-0.1, -0.05) is 31.2 Å². The third-order valence-electron chi connectivity index (χ3n) is 6.56. The molecule has 2 aromatic rings. The van der Waals surface area contributed by atoms with Gasteiger partial charge >= 0.3 is 0 Å². The fourth-order valence-corrected chi connectivity index (χ4v) is 4.60. The molecule has 1 N–H and O–H groups in total. The van der Waals surface area contributed by atoms with Gasteiger partial charge in [0.15, 0.2) is 0 Å². The van der Waals surface area contributed by atoms with Gasteiger partial charge in [0.25, 0.3) is 5.91 Å². The molecule has 0 bridgehead atoms. The summed E-state index contributed by atoms with van der Waals surface area (Å²) in [6.07, 6.45) is 5.95. The lowest BCUT2D eigenvalue weighted by Gasteiger charge is -2.28. The van der Waals surface area contributed by atoms with Crippen LogP contribution in [0.15, 0.2) is 54.4 Å². The van der Waals surface area contributed by atoms with E-state index in [1.807, 2.05) is 0 Å². The van der Waals surface area contributed by atoms with Crippen LogP contribution in [0.25, 0.3) is 5.76 Å². The lowest BCUT2D eigenvalue weighted by atomic mass is 9.96. The van der Waals surface area contributed by atoms with E-state index in [0.717, 1.165) is 52.1 Å². The van der Waals surface area contributed by atoms with Gasteiger partial charge in [0.05, 0.1) is 32.4 Å². The number of ether oxygens (including phenoxy) is 2. The molecule has 1 unspecified atom stereocenters. The normalized spacial score (nSPS) is 20.4. The minimum Gasteiger partial charge on any atom is -0.872 e. The molecule has 8 heteroatoms. The number of ketones is 1. The molecule has 2 saturated heterocycles. The van der Waals surface area contributed by atoms with E-state index in [2.05, 4.69) is 11.9 Å². The summed E-state index contributed by atoms with van der Waals surface area (Å²) in [6.45, 7) is 7.35. The van der Waals surface area contributed by atoms with E-state index in [1.165, 1.54) is 4.90 Å². The van der Waals surface area contributed by atoms with Crippen molar-refractivity contribution in [2.24, 2.45) is 0 Å². The minimum atomic E-state index is -0.723. The number of benzene rings is 1. The monoisotopic (exact) mass is 479 g/mol. The highest BCUT2D eigenvalue weighted by atomic mass is 16.5. The van der Waals surface area contributed by atoms with Crippen LogP contribution in [0.4, 0.5) is 0 Å². The summed E-state index contributed by atoms with van der Waals surface area (Å²) in [7, 11) is 0. The molecule has 4 rings (SSSR count). The van der Waals surface area contributed by atoms with Crippen molar-refractivity contribution in [2.45, 2.75) is 32.2 Å². The number of likely N-dealkylation sites (tertiary alicyclic amines) is 1. The Hall–Kier alpha value is -3.23.